The van der Waals surface area contributed by atoms with Crippen LogP contribution in [0.1, 0.15) is 13.3 Å². The maximum Gasteiger partial charge on any atom is 0.319 e. The van der Waals surface area contributed by atoms with E-state index in [0.717, 1.165) is 19.5 Å². The third-order valence-corrected chi connectivity index (χ3v) is 1.97. The van der Waals surface area contributed by atoms with Gasteiger partial charge in [-0.1, -0.05) is 0 Å². The van der Waals surface area contributed by atoms with Crippen molar-refractivity contribution in [3.05, 3.63) is 0 Å². The number of hydrogen-bond acceptors (Lipinski definition) is 2. The Labute approximate surface area is 80.5 Å². The molecular weight excluding hydrogens is 168 g/mol. The van der Waals surface area contributed by atoms with E-state index >= 15 is 0 Å². The monoisotopic (exact) mass is 188 g/mol. The van der Waals surface area contributed by atoms with Gasteiger partial charge < -0.3 is 14.5 Å². The molecule has 0 saturated carbocycles. The molecule has 0 fully saturated rings. The van der Waals surface area contributed by atoms with Gasteiger partial charge >= 0.3 is 6.03 Å². The first-order valence-electron chi connectivity index (χ1n) is 4.58. The van der Waals surface area contributed by atoms with E-state index in [9.17, 15) is 4.79 Å². The van der Waals surface area contributed by atoms with E-state index in [1.54, 1.807) is 24.0 Å². The van der Waals surface area contributed by atoms with Gasteiger partial charge in [-0.15, -0.1) is 0 Å². The average Bonchev–Trinajstić information content (AvgIpc) is 2.15. The number of urea groups is 1. The standard InChI is InChI=1S/C9H20N2O2/c1-5-10(2)9(12)11(3)7-6-8-13-4/h5-8H2,1-4H3. The number of amides is 2. The van der Waals surface area contributed by atoms with Crippen LogP contribution in [0.4, 0.5) is 4.79 Å². The van der Waals surface area contributed by atoms with E-state index in [0.29, 0.717) is 6.61 Å². The highest BCUT2D eigenvalue weighted by molar-refractivity contribution is 5.73. The third kappa shape index (κ3) is 4.72. The SMILES string of the molecule is CCN(C)C(=O)N(C)CCCOC. The smallest absolute Gasteiger partial charge is 0.319 e. The van der Waals surface area contributed by atoms with Gasteiger partial charge in [-0.2, -0.15) is 0 Å². The predicted molar refractivity (Wildman–Crippen MR) is 52.8 cm³/mol. The second kappa shape index (κ2) is 6.71. The van der Waals surface area contributed by atoms with Gasteiger partial charge in [0.1, 0.15) is 0 Å². The second-order valence-corrected chi connectivity index (χ2v) is 3.06. The third-order valence-electron chi connectivity index (χ3n) is 1.97. The maximum absolute atomic E-state index is 11.5. The van der Waals surface area contributed by atoms with Crippen LogP contribution in [-0.4, -0.2) is 56.7 Å². The van der Waals surface area contributed by atoms with Crippen LogP contribution in [0.5, 0.6) is 0 Å². The highest BCUT2D eigenvalue weighted by Gasteiger charge is 2.11. The fourth-order valence-corrected chi connectivity index (χ4v) is 0.968. The van der Waals surface area contributed by atoms with Gasteiger partial charge in [0, 0.05) is 40.9 Å². The fraction of sp³-hybridized carbons (Fsp3) is 0.889. The van der Waals surface area contributed by atoms with Crippen molar-refractivity contribution in [1.82, 2.24) is 9.80 Å². The van der Waals surface area contributed by atoms with Crippen molar-refractivity contribution in [1.29, 1.82) is 0 Å². The summed E-state index contributed by atoms with van der Waals surface area (Å²) in [7, 11) is 5.28. The first-order valence-corrected chi connectivity index (χ1v) is 4.58. The molecule has 0 aromatic rings. The van der Waals surface area contributed by atoms with Gasteiger partial charge in [-0.25, -0.2) is 4.79 Å². The van der Waals surface area contributed by atoms with Crippen LogP contribution in [0.3, 0.4) is 0 Å². The lowest BCUT2D eigenvalue weighted by atomic mass is 10.4. The Bertz CT molecular complexity index is 151. The van der Waals surface area contributed by atoms with Crippen molar-refractivity contribution in [3.63, 3.8) is 0 Å². The molecule has 0 aromatic heterocycles. The number of rotatable bonds is 5. The van der Waals surface area contributed by atoms with Crippen molar-refractivity contribution in [2.75, 3.05) is 40.9 Å². The maximum atomic E-state index is 11.5. The summed E-state index contributed by atoms with van der Waals surface area (Å²) in [5.74, 6) is 0. The molecule has 13 heavy (non-hydrogen) atoms. The zero-order chi connectivity index (χ0) is 10.3. The van der Waals surface area contributed by atoms with Gasteiger partial charge in [0.2, 0.25) is 0 Å². The van der Waals surface area contributed by atoms with Crippen molar-refractivity contribution in [3.8, 4) is 0 Å². The van der Waals surface area contributed by atoms with Crippen molar-refractivity contribution >= 4 is 6.03 Å². The zero-order valence-corrected chi connectivity index (χ0v) is 9.04. The lowest BCUT2D eigenvalue weighted by molar-refractivity contribution is 0.159. The zero-order valence-electron chi connectivity index (χ0n) is 9.04. The van der Waals surface area contributed by atoms with Crippen LogP contribution < -0.4 is 0 Å². The number of hydrogen-bond donors (Lipinski definition) is 0. The molecule has 0 aliphatic rings. The van der Waals surface area contributed by atoms with Crippen LogP contribution in [0, 0.1) is 0 Å². The molecule has 4 nitrogen and oxygen atoms in total. The summed E-state index contributed by atoms with van der Waals surface area (Å²) < 4.78 is 4.91. The largest absolute Gasteiger partial charge is 0.385 e. The lowest BCUT2D eigenvalue weighted by Crippen LogP contribution is -2.39. The Morgan fingerprint density at radius 1 is 1.31 bits per heavy atom. The molecular formula is C9H20N2O2. The molecule has 4 heteroatoms. The molecule has 78 valence electrons. The number of carbonyl (C=O) groups is 1. The Balaban J connectivity index is 3.69. The fourth-order valence-electron chi connectivity index (χ4n) is 0.968. The Hall–Kier alpha value is -0.770. The summed E-state index contributed by atoms with van der Waals surface area (Å²) in [5.41, 5.74) is 0. The van der Waals surface area contributed by atoms with E-state index in [1.807, 2.05) is 14.0 Å². The number of methoxy groups -OCH3 is 1. The highest BCUT2D eigenvalue weighted by Crippen LogP contribution is 1.95. The average molecular weight is 188 g/mol. The van der Waals surface area contributed by atoms with Gasteiger partial charge in [0.25, 0.3) is 0 Å². The molecule has 2 amide bonds. The molecule has 0 spiro atoms. The van der Waals surface area contributed by atoms with Crippen molar-refractivity contribution in [2.24, 2.45) is 0 Å². The second-order valence-electron chi connectivity index (χ2n) is 3.06. The van der Waals surface area contributed by atoms with E-state index < -0.39 is 0 Å². The summed E-state index contributed by atoms with van der Waals surface area (Å²) in [6.45, 7) is 4.15. The normalized spacial score (nSPS) is 9.85. The lowest BCUT2D eigenvalue weighted by Gasteiger charge is -2.23. The molecule has 0 heterocycles. The number of ether oxygens (including phenoxy) is 1. The van der Waals surface area contributed by atoms with Crippen LogP contribution in [0.25, 0.3) is 0 Å². The predicted octanol–water partition coefficient (Wildman–Crippen LogP) is 1.03. The first-order chi connectivity index (χ1) is 6.13. The molecule has 0 N–H and O–H groups in total. The molecule has 0 rings (SSSR count). The minimum absolute atomic E-state index is 0.0682. The van der Waals surface area contributed by atoms with Crippen LogP contribution in [-0.2, 0) is 4.74 Å². The van der Waals surface area contributed by atoms with Crippen molar-refractivity contribution in [2.45, 2.75) is 13.3 Å². The summed E-state index contributed by atoms with van der Waals surface area (Å²) >= 11 is 0. The Morgan fingerprint density at radius 3 is 2.38 bits per heavy atom. The highest BCUT2D eigenvalue weighted by atomic mass is 16.5. The summed E-state index contributed by atoms with van der Waals surface area (Å²) in [5, 5.41) is 0. The number of nitrogens with zero attached hydrogens (tertiary/aromatic N) is 2. The Morgan fingerprint density at radius 2 is 1.92 bits per heavy atom. The minimum Gasteiger partial charge on any atom is -0.385 e. The topological polar surface area (TPSA) is 32.8 Å². The molecule has 0 bridgehead atoms. The first kappa shape index (κ1) is 12.2. The van der Waals surface area contributed by atoms with E-state index in [4.69, 9.17) is 4.74 Å². The quantitative estimate of drug-likeness (QED) is 0.604. The molecule has 0 unspecified atom stereocenters. The van der Waals surface area contributed by atoms with E-state index in [-0.39, 0.29) is 6.03 Å². The minimum atomic E-state index is 0.0682. The van der Waals surface area contributed by atoms with Crippen LogP contribution in [0.2, 0.25) is 0 Å². The van der Waals surface area contributed by atoms with Gasteiger partial charge in [0.15, 0.2) is 0 Å². The molecule has 0 saturated heterocycles. The van der Waals surface area contributed by atoms with E-state index in [2.05, 4.69) is 0 Å². The number of carbonyl (C=O) groups excluding carboxylic acids is 1. The van der Waals surface area contributed by atoms with Crippen LogP contribution in [0.15, 0.2) is 0 Å². The van der Waals surface area contributed by atoms with Crippen molar-refractivity contribution < 1.29 is 9.53 Å². The summed E-state index contributed by atoms with van der Waals surface area (Å²) in [6.07, 6.45) is 0.885. The van der Waals surface area contributed by atoms with Crippen LogP contribution >= 0.6 is 0 Å². The molecule has 0 aromatic carbocycles. The summed E-state index contributed by atoms with van der Waals surface area (Å²) in [6, 6.07) is 0.0682. The molecule has 0 atom stereocenters. The molecule has 0 aliphatic heterocycles. The van der Waals surface area contributed by atoms with Gasteiger partial charge in [-0.3, -0.25) is 0 Å². The van der Waals surface area contributed by atoms with Gasteiger partial charge in [0.05, 0.1) is 0 Å². The van der Waals surface area contributed by atoms with Gasteiger partial charge in [-0.05, 0) is 13.3 Å². The van der Waals surface area contributed by atoms with E-state index in [1.165, 1.54) is 0 Å². The molecule has 0 radical (unpaired) electrons. The molecule has 0 aliphatic carbocycles. The summed E-state index contributed by atoms with van der Waals surface area (Å²) in [4.78, 5) is 14.9. The Kier molecular flexibility index (Phi) is 6.32.